The molecule has 0 N–H and O–H groups in total. The number of benzene rings is 2. The lowest BCUT2D eigenvalue weighted by Gasteiger charge is -2.10. The Kier molecular flexibility index (Phi) is 5.92. The Balaban J connectivity index is 1.73. The van der Waals surface area contributed by atoms with Crippen molar-refractivity contribution in [1.29, 1.82) is 5.26 Å². The van der Waals surface area contributed by atoms with E-state index in [1.54, 1.807) is 16.8 Å². The van der Waals surface area contributed by atoms with Gasteiger partial charge >= 0.3 is 0 Å². The van der Waals surface area contributed by atoms with E-state index in [-0.39, 0.29) is 0 Å². The van der Waals surface area contributed by atoms with Crippen molar-refractivity contribution in [1.82, 2.24) is 9.78 Å². The Labute approximate surface area is 160 Å². The predicted molar refractivity (Wildman–Crippen MR) is 103 cm³/mol. The number of nitrogens with zero attached hydrogens (tertiary/aromatic N) is 3. The van der Waals surface area contributed by atoms with Crippen LogP contribution in [0.4, 0.5) is 0 Å². The molecule has 0 radical (unpaired) electrons. The molecule has 0 aliphatic heterocycles. The average molecular weight is 412 g/mol. The molecule has 3 aromatic rings. The van der Waals surface area contributed by atoms with Crippen molar-refractivity contribution in [2.45, 2.75) is 13.5 Å². The lowest BCUT2D eigenvalue weighted by atomic mass is 10.2. The van der Waals surface area contributed by atoms with Crippen molar-refractivity contribution in [3.8, 4) is 29.0 Å². The molecule has 3 rings (SSSR count). The van der Waals surface area contributed by atoms with Crippen LogP contribution in [0.25, 0.3) is 11.3 Å². The molecule has 0 amide bonds. The zero-order chi connectivity index (χ0) is 18.4. The summed E-state index contributed by atoms with van der Waals surface area (Å²) in [7, 11) is 0. The summed E-state index contributed by atoms with van der Waals surface area (Å²) < 4.78 is 14.1. The van der Waals surface area contributed by atoms with E-state index in [1.165, 1.54) is 0 Å². The van der Waals surface area contributed by atoms with Crippen LogP contribution in [-0.4, -0.2) is 23.0 Å². The second-order valence-electron chi connectivity index (χ2n) is 5.49. The first-order valence-electron chi connectivity index (χ1n) is 8.29. The molecule has 1 aromatic heterocycles. The Morgan fingerprint density at radius 1 is 1.12 bits per heavy atom. The van der Waals surface area contributed by atoms with Gasteiger partial charge in [-0.2, -0.15) is 10.4 Å². The first-order valence-corrected chi connectivity index (χ1v) is 9.09. The largest absolute Gasteiger partial charge is 0.490 e. The molecule has 0 saturated carbocycles. The maximum absolute atomic E-state index is 9.21. The molecule has 0 atom stereocenters. The van der Waals surface area contributed by atoms with Gasteiger partial charge in [0.1, 0.15) is 18.4 Å². The van der Waals surface area contributed by atoms with Gasteiger partial charge in [0, 0.05) is 16.1 Å². The molecule has 132 valence electrons. The first-order chi connectivity index (χ1) is 12.7. The Morgan fingerprint density at radius 3 is 2.65 bits per heavy atom. The van der Waals surface area contributed by atoms with Crippen molar-refractivity contribution in [3.63, 3.8) is 0 Å². The van der Waals surface area contributed by atoms with Gasteiger partial charge in [0.05, 0.1) is 24.4 Å². The lowest BCUT2D eigenvalue weighted by molar-refractivity contribution is 0.259. The summed E-state index contributed by atoms with van der Waals surface area (Å²) in [6.45, 7) is 3.40. The Bertz CT molecular complexity index is 917. The molecule has 1 heterocycles. The van der Waals surface area contributed by atoms with Crippen LogP contribution in [0.3, 0.4) is 0 Å². The highest BCUT2D eigenvalue weighted by molar-refractivity contribution is 9.10. The molecule has 0 saturated heterocycles. The van der Waals surface area contributed by atoms with Gasteiger partial charge in [-0.05, 0) is 25.1 Å². The Morgan fingerprint density at radius 2 is 1.92 bits per heavy atom. The first kappa shape index (κ1) is 18.0. The van der Waals surface area contributed by atoms with Gasteiger partial charge in [-0.3, -0.25) is 0 Å². The molecule has 0 aliphatic rings. The fourth-order valence-corrected chi connectivity index (χ4v) is 2.89. The van der Waals surface area contributed by atoms with E-state index >= 15 is 0 Å². The van der Waals surface area contributed by atoms with E-state index in [0.29, 0.717) is 37.0 Å². The van der Waals surface area contributed by atoms with Gasteiger partial charge < -0.3 is 9.47 Å². The zero-order valence-electron chi connectivity index (χ0n) is 14.4. The van der Waals surface area contributed by atoms with Crippen molar-refractivity contribution in [3.05, 3.63) is 64.6 Å². The van der Waals surface area contributed by atoms with Gasteiger partial charge in [-0.1, -0.05) is 46.3 Å². The number of nitriles is 1. The van der Waals surface area contributed by atoms with E-state index in [9.17, 15) is 5.26 Å². The number of hydrogen-bond donors (Lipinski definition) is 0. The highest BCUT2D eigenvalue weighted by Gasteiger charge is 2.11. The van der Waals surface area contributed by atoms with Crippen molar-refractivity contribution >= 4 is 15.9 Å². The van der Waals surface area contributed by atoms with Crippen molar-refractivity contribution in [2.75, 3.05) is 13.2 Å². The van der Waals surface area contributed by atoms with Gasteiger partial charge in [0.15, 0.2) is 0 Å². The maximum atomic E-state index is 9.21. The molecule has 0 aliphatic carbocycles. The number of ether oxygens (including phenoxy) is 2. The highest BCUT2D eigenvalue weighted by Crippen LogP contribution is 2.25. The van der Waals surface area contributed by atoms with Crippen LogP contribution in [0.1, 0.15) is 12.5 Å². The molecule has 0 unspecified atom stereocenters. The van der Waals surface area contributed by atoms with Crippen LogP contribution in [0, 0.1) is 11.3 Å². The van der Waals surface area contributed by atoms with E-state index in [1.807, 2.05) is 49.4 Å². The number of aromatic nitrogens is 2. The van der Waals surface area contributed by atoms with Crippen LogP contribution < -0.4 is 9.47 Å². The Hall–Kier alpha value is -2.78. The molecule has 0 bridgehead atoms. The van der Waals surface area contributed by atoms with Gasteiger partial charge in [0.2, 0.25) is 5.88 Å². The third-order valence-electron chi connectivity index (χ3n) is 3.73. The molecule has 26 heavy (non-hydrogen) atoms. The van der Waals surface area contributed by atoms with Gasteiger partial charge in [0.25, 0.3) is 0 Å². The predicted octanol–water partition coefficient (Wildman–Crippen LogP) is 4.66. The van der Waals surface area contributed by atoms with Crippen LogP contribution >= 0.6 is 15.9 Å². The van der Waals surface area contributed by atoms with Crippen molar-refractivity contribution in [2.24, 2.45) is 0 Å². The topological polar surface area (TPSA) is 60.1 Å². The maximum Gasteiger partial charge on any atom is 0.212 e. The molecular formula is C20H18BrN3O2. The number of rotatable bonds is 7. The van der Waals surface area contributed by atoms with Crippen LogP contribution in [-0.2, 0) is 6.54 Å². The zero-order valence-corrected chi connectivity index (χ0v) is 15.9. The monoisotopic (exact) mass is 411 g/mol. The summed E-state index contributed by atoms with van der Waals surface area (Å²) in [5.74, 6) is 1.26. The quantitative estimate of drug-likeness (QED) is 0.566. The van der Waals surface area contributed by atoms with Crippen LogP contribution in [0.2, 0.25) is 0 Å². The van der Waals surface area contributed by atoms with Crippen LogP contribution in [0.15, 0.2) is 59.1 Å². The van der Waals surface area contributed by atoms with E-state index in [4.69, 9.17) is 9.47 Å². The number of halogens is 1. The summed E-state index contributed by atoms with van der Waals surface area (Å²) in [5.41, 5.74) is 2.39. The molecule has 5 nitrogen and oxygen atoms in total. The third kappa shape index (κ3) is 4.24. The normalized spacial score (nSPS) is 10.3. The van der Waals surface area contributed by atoms with E-state index < -0.39 is 0 Å². The molecule has 0 fully saturated rings. The summed E-state index contributed by atoms with van der Waals surface area (Å²) in [6, 6.07) is 19.4. The minimum Gasteiger partial charge on any atom is -0.490 e. The van der Waals surface area contributed by atoms with Crippen LogP contribution in [0.5, 0.6) is 11.6 Å². The molecule has 6 heteroatoms. The average Bonchev–Trinajstić information content (AvgIpc) is 3.07. The summed E-state index contributed by atoms with van der Waals surface area (Å²) in [5, 5.41) is 13.8. The second-order valence-corrected chi connectivity index (χ2v) is 6.41. The second kappa shape index (κ2) is 8.54. The summed E-state index contributed by atoms with van der Waals surface area (Å²) in [6.07, 6.45) is 0. The lowest BCUT2D eigenvalue weighted by Crippen LogP contribution is -2.12. The molecule has 2 aromatic carbocycles. The third-order valence-corrected chi connectivity index (χ3v) is 4.22. The fourth-order valence-electron chi connectivity index (χ4n) is 2.53. The highest BCUT2D eigenvalue weighted by atomic mass is 79.9. The SMILES string of the molecule is CCOc1cc(-c2ccccc2)nn1CCOc1ccc(Br)cc1C#N. The molecular weight excluding hydrogens is 394 g/mol. The molecule has 0 spiro atoms. The fraction of sp³-hybridized carbons (Fsp3) is 0.200. The van der Waals surface area contributed by atoms with E-state index in [0.717, 1.165) is 15.7 Å². The minimum atomic E-state index is 0.381. The standard InChI is InChI=1S/C20H18BrN3O2/c1-2-25-20-13-18(15-6-4-3-5-7-15)23-24(20)10-11-26-19-9-8-17(21)12-16(19)14-22/h3-9,12-13H,2,10-11H2,1H3. The summed E-state index contributed by atoms with van der Waals surface area (Å²) in [4.78, 5) is 0. The smallest absolute Gasteiger partial charge is 0.212 e. The minimum absolute atomic E-state index is 0.381. The van der Waals surface area contributed by atoms with Gasteiger partial charge in [-0.15, -0.1) is 0 Å². The van der Waals surface area contributed by atoms with E-state index in [2.05, 4.69) is 27.1 Å². The summed E-state index contributed by atoms with van der Waals surface area (Å²) >= 11 is 3.36. The van der Waals surface area contributed by atoms with Gasteiger partial charge in [-0.25, -0.2) is 4.68 Å². The van der Waals surface area contributed by atoms with Crippen molar-refractivity contribution < 1.29 is 9.47 Å². The number of hydrogen-bond acceptors (Lipinski definition) is 4.